The summed E-state index contributed by atoms with van der Waals surface area (Å²) in [4.78, 5) is 36.5. The molecule has 4 heterocycles. The van der Waals surface area contributed by atoms with Crippen molar-refractivity contribution in [1.29, 1.82) is 0 Å². The summed E-state index contributed by atoms with van der Waals surface area (Å²) in [6.07, 6.45) is 7.06. The zero-order valence-electron chi connectivity index (χ0n) is 18.7. The summed E-state index contributed by atoms with van der Waals surface area (Å²) in [7, 11) is 0. The maximum Gasteiger partial charge on any atom is 0.352 e. The van der Waals surface area contributed by atoms with Crippen LogP contribution in [0, 0.1) is 5.82 Å². The van der Waals surface area contributed by atoms with Crippen molar-refractivity contribution in [3.63, 3.8) is 0 Å². The zero-order valence-corrected chi connectivity index (χ0v) is 19.6. The molecule has 0 radical (unpaired) electrons. The standard InChI is InChI=1S/C24H25FN6O2S/c25-17-7-4-5-8-18(17)28-10-12-29(13-11-28)20(32)14-31-24(33)30-15-26-23-21(22(30)27-31)16-6-2-1-3-9-19(16)34-23/h4-5,7-8,15H,1-3,6,9-14H2. The molecule has 1 aliphatic carbocycles. The van der Waals surface area contributed by atoms with Gasteiger partial charge in [0, 0.05) is 31.1 Å². The first-order valence-corrected chi connectivity index (χ1v) is 12.6. The number of rotatable bonds is 3. The van der Waals surface area contributed by atoms with Crippen molar-refractivity contribution in [2.75, 3.05) is 31.1 Å². The van der Waals surface area contributed by atoms with E-state index in [1.165, 1.54) is 44.8 Å². The van der Waals surface area contributed by atoms with Crippen molar-refractivity contribution in [3.05, 3.63) is 57.3 Å². The van der Waals surface area contributed by atoms with Crippen LogP contribution in [0.2, 0.25) is 0 Å². The number of piperazine rings is 1. The molecule has 4 aromatic rings. The van der Waals surface area contributed by atoms with Crippen molar-refractivity contribution >= 4 is 38.8 Å². The lowest BCUT2D eigenvalue weighted by molar-refractivity contribution is -0.132. The molecule has 2 aliphatic rings. The molecular weight excluding hydrogens is 455 g/mol. The average molecular weight is 481 g/mol. The molecule has 6 rings (SSSR count). The van der Waals surface area contributed by atoms with Crippen LogP contribution in [0.4, 0.5) is 10.1 Å². The second-order valence-corrected chi connectivity index (χ2v) is 10.0. The van der Waals surface area contributed by atoms with Crippen LogP contribution in [-0.4, -0.2) is 56.2 Å². The molecule has 3 aromatic heterocycles. The smallest absolute Gasteiger partial charge is 0.352 e. The van der Waals surface area contributed by atoms with Gasteiger partial charge in [0.15, 0.2) is 5.65 Å². The lowest BCUT2D eigenvalue weighted by Crippen LogP contribution is -2.50. The van der Waals surface area contributed by atoms with Crippen LogP contribution in [0.25, 0.3) is 15.9 Å². The molecular formula is C24H25FN6O2S. The highest BCUT2D eigenvalue weighted by Gasteiger charge is 2.25. The fourth-order valence-corrected chi connectivity index (χ4v) is 6.31. The number of fused-ring (bicyclic) bond motifs is 5. The van der Waals surface area contributed by atoms with Gasteiger partial charge in [0.1, 0.15) is 23.5 Å². The first kappa shape index (κ1) is 21.3. The minimum absolute atomic E-state index is 0.117. The quantitative estimate of drug-likeness (QED) is 0.422. The van der Waals surface area contributed by atoms with Crippen molar-refractivity contribution in [2.45, 2.75) is 38.6 Å². The van der Waals surface area contributed by atoms with E-state index >= 15 is 0 Å². The number of aryl methyl sites for hydroxylation is 2. The number of carbonyl (C=O) groups excluding carboxylic acids is 1. The van der Waals surface area contributed by atoms with E-state index < -0.39 is 0 Å². The maximum absolute atomic E-state index is 14.1. The summed E-state index contributed by atoms with van der Waals surface area (Å²) in [5.74, 6) is -0.420. The Hall–Kier alpha value is -3.27. The van der Waals surface area contributed by atoms with Crippen molar-refractivity contribution in [3.8, 4) is 0 Å². The van der Waals surface area contributed by atoms with Crippen LogP contribution in [0.15, 0.2) is 35.4 Å². The normalized spacial score (nSPS) is 16.7. The Morgan fingerprint density at radius 3 is 2.68 bits per heavy atom. The monoisotopic (exact) mass is 480 g/mol. The topological polar surface area (TPSA) is 75.7 Å². The third kappa shape index (κ3) is 3.56. The van der Waals surface area contributed by atoms with Gasteiger partial charge >= 0.3 is 5.69 Å². The SMILES string of the molecule is O=C(Cn1nc2c3c4c(sc3ncn2c1=O)CCCCC4)N1CCN(c2ccccc2F)CC1. The van der Waals surface area contributed by atoms with Crippen LogP contribution in [0.3, 0.4) is 0 Å². The molecule has 0 atom stereocenters. The van der Waals surface area contributed by atoms with Gasteiger partial charge in [-0.15, -0.1) is 16.4 Å². The lowest BCUT2D eigenvalue weighted by atomic mass is 10.1. The van der Waals surface area contributed by atoms with Gasteiger partial charge < -0.3 is 9.80 Å². The Kier molecular flexibility index (Phi) is 5.32. The Bertz CT molecular complexity index is 1450. The summed E-state index contributed by atoms with van der Waals surface area (Å²) in [6, 6.07) is 6.68. The van der Waals surface area contributed by atoms with E-state index in [1.807, 2.05) is 11.0 Å². The Balaban J connectivity index is 1.24. The van der Waals surface area contributed by atoms with Gasteiger partial charge in [0.2, 0.25) is 5.91 Å². The molecule has 34 heavy (non-hydrogen) atoms. The fraction of sp³-hybridized carbons (Fsp3) is 0.417. The van der Waals surface area contributed by atoms with E-state index in [-0.39, 0.29) is 24.0 Å². The molecule has 1 fully saturated rings. The molecule has 0 spiro atoms. The minimum atomic E-state index is -0.351. The molecule has 0 unspecified atom stereocenters. The van der Waals surface area contributed by atoms with E-state index in [0.29, 0.717) is 37.5 Å². The summed E-state index contributed by atoms with van der Waals surface area (Å²) < 4.78 is 16.8. The van der Waals surface area contributed by atoms with E-state index in [4.69, 9.17) is 0 Å². The third-order valence-corrected chi connectivity index (χ3v) is 8.10. The molecule has 1 aliphatic heterocycles. The van der Waals surface area contributed by atoms with Crippen LogP contribution in [0.5, 0.6) is 0 Å². The molecule has 8 nitrogen and oxygen atoms in total. The van der Waals surface area contributed by atoms with Crippen LogP contribution in [0.1, 0.15) is 29.7 Å². The molecule has 1 amide bonds. The van der Waals surface area contributed by atoms with Gasteiger partial charge in [-0.2, -0.15) is 0 Å². The summed E-state index contributed by atoms with van der Waals surface area (Å²) in [5.41, 5.74) is 2.06. The lowest BCUT2D eigenvalue weighted by Gasteiger charge is -2.36. The second-order valence-electron chi connectivity index (χ2n) is 8.94. The van der Waals surface area contributed by atoms with Crippen molar-refractivity contribution < 1.29 is 9.18 Å². The maximum atomic E-state index is 14.1. The highest BCUT2D eigenvalue weighted by molar-refractivity contribution is 7.19. The number of hydrogen-bond donors (Lipinski definition) is 0. The number of anilines is 1. The number of benzene rings is 1. The Morgan fingerprint density at radius 1 is 1.06 bits per heavy atom. The number of para-hydroxylation sites is 1. The van der Waals surface area contributed by atoms with Gasteiger partial charge in [0.25, 0.3) is 0 Å². The van der Waals surface area contributed by atoms with Crippen LogP contribution < -0.4 is 10.6 Å². The second kappa shape index (κ2) is 8.50. The van der Waals surface area contributed by atoms with E-state index in [2.05, 4.69) is 10.1 Å². The van der Waals surface area contributed by atoms with Crippen LogP contribution >= 0.6 is 11.3 Å². The summed E-state index contributed by atoms with van der Waals surface area (Å²) in [6.45, 7) is 1.91. The molecule has 0 saturated carbocycles. The molecule has 1 saturated heterocycles. The number of carbonyl (C=O) groups is 1. The Labute approximate surface area is 199 Å². The molecule has 0 N–H and O–H groups in total. The van der Waals surface area contributed by atoms with Crippen LogP contribution in [-0.2, 0) is 24.2 Å². The third-order valence-electron chi connectivity index (χ3n) is 6.90. The highest BCUT2D eigenvalue weighted by Crippen LogP contribution is 2.36. The Morgan fingerprint density at radius 2 is 1.85 bits per heavy atom. The van der Waals surface area contributed by atoms with E-state index in [0.717, 1.165) is 29.5 Å². The molecule has 176 valence electrons. The largest absolute Gasteiger partial charge is 0.366 e. The van der Waals surface area contributed by atoms with Gasteiger partial charge in [-0.05, 0) is 43.4 Å². The highest BCUT2D eigenvalue weighted by atomic mass is 32.1. The number of halogens is 1. The number of thiophene rings is 1. The summed E-state index contributed by atoms with van der Waals surface area (Å²) >= 11 is 1.70. The number of amides is 1. The number of nitrogens with zero attached hydrogens (tertiary/aromatic N) is 6. The predicted molar refractivity (Wildman–Crippen MR) is 129 cm³/mol. The van der Waals surface area contributed by atoms with Gasteiger partial charge in [0.05, 0.1) is 11.1 Å². The van der Waals surface area contributed by atoms with Crippen molar-refractivity contribution in [2.24, 2.45) is 0 Å². The van der Waals surface area contributed by atoms with Gasteiger partial charge in [-0.1, -0.05) is 18.6 Å². The number of hydrogen-bond acceptors (Lipinski definition) is 6. The molecule has 10 heteroatoms. The summed E-state index contributed by atoms with van der Waals surface area (Å²) in [5, 5.41) is 5.55. The van der Waals surface area contributed by atoms with Crippen molar-refractivity contribution in [1.82, 2.24) is 24.1 Å². The first-order chi connectivity index (χ1) is 16.6. The fourth-order valence-electron chi connectivity index (χ4n) is 5.09. The zero-order chi connectivity index (χ0) is 23.2. The predicted octanol–water partition coefficient (Wildman–Crippen LogP) is 2.86. The molecule has 1 aromatic carbocycles. The first-order valence-electron chi connectivity index (χ1n) is 11.8. The average Bonchev–Trinajstić information content (AvgIpc) is 3.26. The van der Waals surface area contributed by atoms with Gasteiger partial charge in [-0.25, -0.2) is 23.3 Å². The van der Waals surface area contributed by atoms with E-state index in [1.54, 1.807) is 28.4 Å². The number of aromatic nitrogens is 4. The molecule has 0 bridgehead atoms. The van der Waals surface area contributed by atoms with Gasteiger partial charge in [-0.3, -0.25) is 4.79 Å². The van der Waals surface area contributed by atoms with E-state index in [9.17, 15) is 14.0 Å². The minimum Gasteiger partial charge on any atom is -0.366 e.